The van der Waals surface area contributed by atoms with Crippen LogP contribution < -0.4 is 9.47 Å². The van der Waals surface area contributed by atoms with Gasteiger partial charge >= 0.3 is 0 Å². The molecule has 1 aromatic heterocycles. The van der Waals surface area contributed by atoms with E-state index in [0.717, 1.165) is 37.0 Å². The number of amides is 1. The van der Waals surface area contributed by atoms with Gasteiger partial charge in [-0.05, 0) is 49.6 Å². The van der Waals surface area contributed by atoms with Crippen molar-refractivity contribution in [1.29, 1.82) is 0 Å². The Morgan fingerprint density at radius 2 is 2.00 bits per heavy atom. The summed E-state index contributed by atoms with van der Waals surface area (Å²) in [5.74, 6) is 1.65. The molecule has 1 aliphatic rings. The van der Waals surface area contributed by atoms with Crippen LogP contribution in [0, 0.1) is 0 Å². The Morgan fingerprint density at radius 3 is 2.73 bits per heavy atom. The van der Waals surface area contributed by atoms with Crippen LogP contribution in [0.4, 0.5) is 0 Å². The summed E-state index contributed by atoms with van der Waals surface area (Å²) < 4.78 is 12.4. The lowest BCUT2D eigenvalue weighted by atomic mass is 9.97. The van der Waals surface area contributed by atoms with Crippen molar-refractivity contribution in [2.75, 3.05) is 26.8 Å². The number of piperidine rings is 1. The normalized spacial score (nSPS) is 15.1. The van der Waals surface area contributed by atoms with Gasteiger partial charge in [0, 0.05) is 19.0 Å². The fourth-order valence-electron chi connectivity index (χ4n) is 3.77. The first kappa shape index (κ1) is 20.4. The molecule has 4 rings (SSSR count). The van der Waals surface area contributed by atoms with Gasteiger partial charge in [-0.15, -0.1) is 11.3 Å². The lowest BCUT2D eigenvalue weighted by molar-refractivity contribution is -0.134. The van der Waals surface area contributed by atoms with E-state index < -0.39 is 0 Å². The molecule has 0 N–H and O–H groups in total. The van der Waals surface area contributed by atoms with E-state index in [1.54, 1.807) is 18.4 Å². The number of likely N-dealkylation sites (tertiary alicyclic amines) is 1. The molecule has 0 aliphatic carbocycles. The van der Waals surface area contributed by atoms with Crippen molar-refractivity contribution in [3.63, 3.8) is 0 Å². The molecule has 1 fully saturated rings. The molecule has 2 aromatic carbocycles. The Hall–Kier alpha value is -2.86. The third-order valence-electron chi connectivity index (χ3n) is 5.41. The molecule has 1 amide bonds. The second kappa shape index (κ2) is 9.30. The number of aromatic nitrogens is 1. The van der Waals surface area contributed by atoms with Crippen molar-refractivity contribution < 1.29 is 14.3 Å². The van der Waals surface area contributed by atoms with Crippen molar-refractivity contribution in [3.05, 3.63) is 59.1 Å². The molecule has 0 spiro atoms. The number of thiazole rings is 1. The number of nitrogens with zero attached hydrogens (tertiary/aromatic N) is 2. The van der Waals surface area contributed by atoms with Gasteiger partial charge in [0.15, 0.2) is 18.1 Å². The van der Waals surface area contributed by atoms with E-state index in [0.29, 0.717) is 17.4 Å². The lowest BCUT2D eigenvalue weighted by Gasteiger charge is -2.31. The minimum atomic E-state index is 0.0114. The van der Waals surface area contributed by atoms with Crippen LogP contribution >= 0.6 is 11.3 Å². The van der Waals surface area contributed by atoms with Gasteiger partial charge < -0.3 is 14.4 Å². The maximum absolute atomic E-state index is 12.7. The first-order chi connectivity index (χ1) is 14.7. The zero-order valence-electron chi connectivity index (χ0n) is 17.3. The zero-order valence-corrected chi connectivity index (χ0v) is 18.2. The van der Waals surface area contributed by atoms with Crippen molar-refractivity contribution in [1.82, 2.24) is 9.88 Å². The molecule has 156 valence electrons. The minimum absolute atomic E-state index is 0.0114. The number of fused-ring (bicyclic) bond motifs is 1. The Kier molecular flexibility index (Phi) is 6.33. The summed E-state index contributed by atoms with van der Waals surface area (Å²) in [6.45, 7) is 3.46. The molecule has 0 radical (unpaired) electrons. The highest BCUT2D eigenvalue weighted by molar-refractivity contribution is 7.18. The molecule has 6 heteroatoms. The summed E-state index contributed by atoms with van der Waals surface area (Å²) >= 11 is 1.77. The molecule has 1 aliphatic heterocycles. The number of benzene rings is 2. The van der Waals surface area contributed by atoms with Gasteiger partial charge in [-0.25, -0.2) is 4.98 Å². The van der Waals surface area contributed by atoms with Gasteiger partial charge in [-0.2, -0.15) is 0 Å². The van der Waals surface area contributed by atoms with E-state index in [9.17, 15) is 4.79 Å². The van der Waals surface area contributed by atoms with E-state index in [2.05, 4.69) is 18.2 Å². The van der Waals surface area contributed by atoms with Gasteiger partial charge in [0.05, 0.1) is 22.3 Å². The van der Waals surface area contributed by atoms with Crippen LogP contribution in [0.1, 0.15) is 36.3 Å². The molecule has 0 unspecified atom stereocenters. The molecule has 3 aromatic rings. The van der Waals surface area contributed by atoms with Crippen LogP contribution in [0.5, 0.6) is 11.5 Å². The minimum Gasteiger partial charge on any atom is -0.493 e. The van der Waals surface area contributed by atoms with Crippen LogP contribution in [0.3, 0.4) is 0 Å². The number of para-hydroxylation sites is 1. The van der Waals surface area contributed by atoms with Crippen LogP contribution in [-0.2, 0) is 4.79 Å². The number of methoxy groups -OCH3 is 1. The van der Waals surface area contributed by atoms with Gasteiger partial charge in [-0.3, -0.25) is 4.79 Å². The smallest absolute Gasteiger partial charge is 0.260 e. The summed E-state index contributed by atoms with van der Waals surface area (Å²) in [6.07, 6.45) is 5.84. The van der Waals surface area contributed by atoms with Crippen molar-refractivity contribution in [2.24, 2.45) is 0 Å². The van der Waals surface area contributed by atoms with Crippen molar-refractivity contribution in [3.8, 4) is 11.5 Å². The number of rotatable bonds is 6. The van der Waals surface area contributed by atoms with Gasteiger partial charge in [0.2, 0.25) is 0 Å². The van der Waals surface area contributed by atoms with Crippen LogP contribution in [0.2, 0.25) is 0 Å². The van der Waals surface area contributed by atoms with E-state index in [1.807, 2.05) is 48.2 Å². The number of allylic oxidation sites excluding steroid dienone is 1. The molecule has 0 bridgehead atoms. The fourth-order valence-corrected chi connectivity index (χ4v) is 4.91. The van der Waals surface area contributed by atoms with Crippen LogP contribution in [-0.4, -0.2) is 42.6 Å². The largest absolute Gasteiger partial charge is 0.493 e. The molecule has 30 heavy (non-hydrogen) atoms. The lowest BCUT2D eigenvalue weighted by Crippen LogP contribution is -2.40. The van der Waals surface area contributed by atoms with Crippen molar-refractivity contribution in [2.45, 2.75) is 25.7 Å². The fraction of sp³-hybridized carbons (Fsp3) is 0.333. The summed E-state index contributed by atoms with van der Waals surface area (Å²) in [5.41, 5.74) is 2.10. The maximum atomic E-state index is 12.7. The Morgan fingerprint density at radius 1 is 1.20 bits per heavy atom. The Bertz CT molecular complexity index is 1020. The average Bonchev–Trinajstić information content (AvgIpc) is 3.22. The second-order valence-corrected chi connectivity index (χ2v) is 8.44. The second-order valence-electron chi connectivity index (χ2n) is 7.37. The van der Waals surface area contributed by atoms with E-state index in [4.69, 9.17) is 14.5 Å². The molecule has 2 heterocycles. The highest BCUT2D eigenvalue weighted by Gasteiger charge is 2.26. The third-order valence-corrected chi connectivity index (χ3v) is 6.60. The summed E-state index contributed by atoms with van der Waals surface area (Å²) in [5, 5.41) is 1.19. The van der Waals surface area contributed by atoms with Crippen LogP contribution in [0.15, 0.2) is 48.5 Å². The van der Waals surface area contributed by atoms with Gasteiger partial charge in [0.1, 0.15) is 0 Å². The highest BCUT2D eigenvalue weighted by Crippen LogP contribution is 2.34. The Balaban J connectivity index is 1.32. The number of hydrogen-bond acceptors (Lipinski definition) is 5. The standard InChI is InChI=1S/C24H26N2O3S/c1-3-6-17-9-10-20(21(15-17)28-2)29-16-23(27)26-13-11-18(12-14-26)24-25-19-7-4-5-8-22(19)30-24/h3-10,15,18H,11-14,16H2,1-2H3/b6-3+. The zero-order chi connectivity index (χ0) is 20.9. The predicted octanol–water partition coefficient (Wildman–Crippen LogP) is 5.12. The number of carbonyl (C=O) groups is 1. The monoisotopic (exact) mass is 422 g/mol. The number of hydrogen-bond donors (Lipinski definition) is 0. The first-order valence-electron chi connectivity index (χ1n) is 10.2. The molecule has 0 atom stereocenters. The number of ether oxygens (including phenoxy) is 2. The van der Waals surface area contributed by atoms with Gasteiger partial charge in [0.25, 0.3) is 5.91 Å². The summed E-state index contributed by atoms with van der Waals surface area (Å²) in [7, 11) is 1.61. The first-order valence-corrected chi connectivity index (χ1v) is 11.1. The highest BCUT2D eigenvalue weighted by atomic mass is 32.1. The van der Waals surface area contributed by atoms with Crippen molar-refractivity contribution >= 4 is 33.5 Å². The predicted molar refractivity (Wildman–Crippen MR) is 121 cm³/mol. The van der Waals surface area contributed by atoms with E-state index in [1.165, 1.54) is 9.71 Å². The van der Waals surface area contributed by atoms with Gasteiger partial charge in [-0.1, -0.05) is 30.4 Å². The molecule has 1 saturated heterocycles. The molecular formula is C24H26N2O3S. The molecule has 5 nitrogen and oxygen atoms in total. The topological polar surface area (TPSA) is 51.7 Å². The summed E-state index contributed by atoms with van der Waals surface area (Å²) in [6, 6.07) is 14.0. The summed E-state index contributed by atoms with van der Waals surface area (Å²) in [4.78, 5) is 19.3. The van der Waals surface area contributed by atoms with E-state index >= 15 is 0 Å². The molecule has 0 saturated carbocycles. The third kappa shape index (κ3) is 4.49. The Labute approximate surface area is 180 Å². The van der Waals surface area contributed by atoms with Crippen LogP contribution in [0.25, 0.3) is 16.3 Å². The quantitative estimate of drug-likeness (QED) is 0.553. The maximum Gasteiger partial charge on any atom is 0.260 e. The SMILES string of the molecule is C/C=C/c1ccc(OCC(=O)N2CCC(c3nc4ccccc4s3)CC2)c(OC)c1. The molecular weight excluding hydrogens is 396 g/mol. The average molecular weight is 423 g/mol. The van der Waals surface area contributed by atoms with E-state index in [-0.39, 0.29) is 12.5 Å². The number of carbonyl (C=O) groups excluding carboxylic acids is 1.